The average Bonchev–Trinajstić information content (AvgIpc) is 2.82. The van der Waals surface area contributed by atoms with Gasteiger partial charge in [0.2, 0.25) is 11.9 Å². The summed E-state index contributed by atoms with van der Waals surface area (Å²) in [7, 11) is 1.59. The Balaban J connectivity index is 1.68. The quantitative estimate of drug-likeness (QED) is 0.656. The Morgan fingerprint density at radius 1 is 1.14 bits per heavy atom. The maximum Gasteiger partial charge on any atom is 0.251 e. The minimum absolute atomic E-state index is 0.0836. The minimum atomic E-state index is -0.142. The number of rotatable bonds is 3. The number of benzene rings is 2. The molecule has 1 aliphatic rings. The summed E-state index contributed by atoms with van der Waals surface area (Å²) in [6.07, 6.45) is 1.91. The number of amides is 2. The van der Waals surface area contributed by atoms with Gasteiger partial charge in [0.15, 0.2) is 0 Å². The fraction of sp³-hybridized carbons (Fsp3) is 0.143. The first-order chi connectivity index (χ1) is 13.5. The summed E-state index contributed by atoms with van der Waals surface area (Å²) >= 11 is 0. The van der Waals surface area contributed by atoms with Gasteiger partial charge in [-0.1, -0.05) is 12.1 Å². The molecule has 2 amide bonds. The summed E-state index contributed by atoms with van der Waals surface area (Å²) in [5.74, 6) is 0.198. The highest BCUT2D eigenvalue weighted by atomic mass is 16.2. The molecule has 0 saturated carbocycles. The van der Waals surface area contributed by atoms with Crippen molar-refractivity contribution in [1.82, 2.24) is 15.3 Å². The standard InChI is InChI=1S/C21H19N5O2/c1-12-3-8-16-17(9-12)25-18(27)10-14-11-23-21(26-19(14)16)24-15-6-4-13(5-7-15)20(28)22-2/h3-9,11H,10H2,1-2H3,(H,22,28)(H,25,27)(H,23,24,26). The van der Waals surface area contributed by atoms with Gasteiger partial charge in [0.25, 0.3) is 5.91 Å². The Morgan fingerprint density at radius 2 is 1.93 bits per heavy atom. The van der Waals surface area contributed by atoms with Crippen LogP contribution in [0.25, 0.3) is 11.3 Å². The molecule has 2 aromatic carbocycles. The summed E-state index contributed by atoms with van der Waals surface area (Å²) in [4.78, 5) is 32.8. The van der Waals surface area contributed by atoms with E-state index in [0.29, 0.717) is 11.5 Å². The van der Waals surface area contributed by atoms with Crippen LogP contribution in [0.15, 0.2) is 48.7 Å². The van der Waals surface area contributed by atoms with Crippen LogP contribution in [0.2, 0.25) is 0 Å². The van der Waals surface area contributed by atoms with Gasteiger partial charge in [0, 0.05) is 35.6 Å². The highest BCUT2D eigenvalue weighted by Crippen LogP contribution is 2.33. The Morgan fingerprint density at radius 3 is 2.68 bits per heavy atom. The van der Waals surface area contributed by atoms with E-state index in [1.54, 1.807) is 37.5 Å². The number of aryl methyl sites for hydroxylation is 1. The molecule has 4 rings (SSSR count). The first kappa shape index (κ1) is 17.7. The van der Waals surface area contributed by atoms with Crippen molar-refractivity contribution in [2.24, 2.45) is 0 Å². The largest absolute Gasteiger partial charge is 0.355 e. The Bertz CT molecular complexity index is 1080. The van der Waals surface area contributed by atoms with Crippen LogP contribution in [-0.4, -0.2) is 28.8 Å². The Hall–Kier alpha value is -3.74. The topological polar surface area (TPSA) is 96.0 Å². The van der Waals surface area contributed by atoms with E-state index in [0.717, 1.165) is 33.8 Å². The van der Waals surface area contributed by atoms with Crippen molar-refractivity contribution >= 4 is 29.1 Å². The number of nitrogens with one attached hydrogen (secondary N) is 3. The first-order valence-corrected chi connectivity index (χ1v) is 8.89. The molecule has 3 aromatic rings. The molecule has 7 heteroatoms. The molecule has 0 saturated heterocycles. The van der Waals surface area contributed by atoms with E-state index in [1.807, 2.05) is 25.1 Å². The van der Waals surface area contributed by atoms with Gasteiger partial charge in [0.05, 0.1) is 17.8 Å². The zero-order valence-corrected chi connectivity index (χ0v) is 15.5. The Labute approximate surface area is 162 Å². The van der Waals surface area contributed by atoms with Crippen molar-refractivity contribution in [3.63, 3.8) is 0 Å². The molecule has 1 aromatic heterocycles. The van der Waals surface area contributed by atoms with Crippen LogP contribution in [0.5, 0.6) is 0 Å². The number of hydrogen-bond donors (Lipinski definition) is 3. The number of carbonyl (C=O) groups excluding carboxylic acids is 2. The van der Waals surface area contributed by atoms with Crippen molar-refractivity contribution in [1.29, 1.82) is 0 Å². The van der Waals surface area contributed by atoms with E-state index in [2.05, 4.69) is 25.9 Å². The van der Waals surface area contributed by atoms with Gasteiger partial charge in [-0.25, -0.2) is 9.97 Å². The van der Waals surface area contributed by atoms with Gasteiger partial charge in [-0.3, -0.25) is 9.59 Å². The smallest absolute Gasteiger partial charge is 0.251 e. The maximum atomic E-state index is 12.2. The summed E-state index contributed by atoms with van der Waals surface area (Å²) in [6.45, 7) is 1.98. The second-order valence-electron chi connectivity index (χ2n) is 6.62. The highest BCUT2D eigenvalue weighted by Gasteiger charge is 2.21. The molecule has 0 bridgehead atoms. The lowest BCUT2D eigenvalue weighted by atomic mass is 10.0. The monoisotopic (exact) mass is 373 g/mol. The number of fused-ring (bicyclic) bond motifs is 3. The fourth-order valence-electron chi connectivity index (χ4n) is 3.14. The molecule has 0 unspecified atom stereocenters. The third-order valence-corrected chi connectivity index (χ3v) is 4.55. The zero-order chi connectivity index (χ0) is 19.7. The third-order valence-electron chi connectivity index (χ3n) is 4.55. The van der Waals surface area contributed by atoms with Gasteiger partial charge >= 0.3 is 0 Å². The van der Waals surface area contributed by atoms with Gasteiger partial charge < -0.3 is 16.0 Å². The first-order valence-electron chi connectivity index (χ1n) is 8.89. The van der Waals surface area contributed by atoms with E-state index in [4.69, 9.17) is 0 Å². The van der Waals surface area contributed by atoms with Crippen LogP contribution in [0.4, 0.5) is 17.3 Å². The van der Waals surface area contributed by atoms with Gasteiger partial charge in [-0.2, -0.15) is 0 Å². The fourth-order valence-corrected chi connectivity index (χ4v) is 3.14. The average molecular weight is 373 g/mol. The van der Waals surface area contributed by atoms with Gasteiger partial charge in [-0.05, 0) is 42.8 Å². The van der Waals surface area contributed by atoms with Crippen molar-refractivity contribution in [3.05, 3.63) is 65.4 Å². The molecule has 140 valence electrons. The molecule has 0 atom stereocenters. The normalized spacial score (nSPS) is 12.3. The van der Waals surface area contributed by atoms with E-state index in [1.165, 1.54) is 0 Å². The number of aromatic nitrogens is 2. The lowest BCUT2D eigenvalue weighted by Crippen LogP contribution is -2.17. The van der Waals surface area contributed by atoms with Crippen LogP contribution in [0.3, 0.4) is 0 Å². The molecule has 7 nitrogen and oxygen atoms in total. The van der Waals surface area contributed by atoms with Crippen molar-refractivity contribution in [2.45, 2.75) is 13.3 Å². The molecule has 1 aliphatic heterocycles. The lowest BCUT2D eigenvalue weighted by molar-refractivity contribution is -0.115. The molecule has 0 spiro atoms. The molecule has 0 aliphatic carbocycles. The minimum Gasteiger partial charge on any atom is -0.355 e. The van der Waals surface area contributed by atoms with Crippen LogP contribution < -0.4 is 16.0 Å². The number of hydrogen-bond acceptors (Lipinski definition) is 5. The Kier molecular flexibility index (Phi) is 4.49. The maximum absolute atomic E-state index is 12.2. The summed E-state index contributed by atoms with van der Waals surface area (Å²) < 4.78 is 0. The SMILES string of the molecule is CNC(=O)c1ccc(Nc2ncc3c(n2)-c2ccc(C)cc2NC(=O)C3)cc1. The number of carbonyl (C=O) groups is 2. The molecule has 0 radical (unpaired) electrons. The lowest BCUT2D eigenvalue weighted by Gasteiger charge is -2.11. The van der Waals surface area contributed by atoms with E-state index in [9.17, 15) is 9.59 Å². The molecular formula is C21H19N5O2. The number of anilines is 3. The summed E-state index contributed by atoms with van der Waals surface area (Å²) in [6, 6.07) is 12.9. The second kappa shape index (κ2) is 7.11. The third kappa shape index (κ3) is 3.42. The van der Waals surface area contributed by atoms with E-state index >= 15 is 0 Å². The number of nitrogens with zero attached hydrogens (tertiary/aromatic N) is 2. The molecule has 3 N–H and O–H groups in total. The molecular weight excluding hydrogens is 354 g/mol. The zero-order valence-electron chi connectivity index (χ0n) is 15.5. The summed E-state index contributed by atoms with van der Waals surface area (Å²) in [5, 5.41) is 8.68. The van der Waals surface area contributed by atoms with E-state index < -0.39 is 0 Å². The second-order valence-corrected chi connectivity index (χ2v) is 6.62. The highest BCUT2D eigenvalue weighted by molar-refractivity contribution is 6.00. The predicted molar refractivity (Wildman–Crippen MR) is 108 cm³/mol. The van der Waals surface area contributed by atoms with Gasteiger partial charge in [-0.15, -0.1) is 0 Å². The molecule has 0 fully saturated rings. The van der Waals surface area contributed by atoms with Crippen LogP contribution in [0.1, 0.15) is 21.5 Å². The van der Waals surface area contributed by atoms with E-state index in [-0.39, 0.29) is 18.2 Å². The van der Waals surface area contributed by atoms with Crippen molar-refractivity contribution < 1.29 is 9.59 Å². The van der Waals surface area contributed by atoms with Crippen molar-refractivity contribution in [3.8, 4) is 11.3 Å². The predicted octanol–water partition coefficient (Wildman–Crippen LogP) is 3.05. The summed E-state index contributed by atoms with van der Waals surface area (Å²) in [5.41, 5.74) is 5.53. The van der Waals surface area contributed by atoms with Crippen LogP contribution >= 0.6 is 0 Å². The van der Waals surface area contributed by atoms with Gasteiger partial charge in [0.1, 0.15) is 0 Å². The van der Waals surface area contributed by atoms with Crippen LogP contribution in [-0.2, 0) is 11.2 Å². The molecule has 28 heavy (non-hydrogen) atoms. The van der Waals surface area contributed by atoms with Crippen molar-refractivity contribution in [2.75, 3.05) is 17.7 Å². The molecule has 2 heterocycles. The van der Waals surface area contributed by atoms with Crippen LogP contribution in [0, 0.1) is 6.92 Å².